The Balaban J connectivity index is 1.55. The number of benzene rings is 2. The zero-order valence-corrected chi connectivity index (χ0v) is 16.0. The smallest absolute Gasteiger partial charge is 0.261 e. The molecular weight excluding hydrogens is 386 g/mol. The standard InChI is InChI=1S/C22H17N3O5/c1-12-9-14(5-7-16(12)19(23)26)24-20(27)13-4-6-17-18(10-13)22(29)25(21(17)28)11-15-3-2-8-30-15/h2-10H,11H2,1H3,(H2,23,26)(H,24,27). The molecule has 30 heavy (non-hydrogen) atoms. The number of fused-ring (bicyclic) bond motifs is 1. The van der Waals surface area contributed by atoms with Gasteiger partial charge in [0.1, 0.15) is 5.76 Å². The van der Waals surface area contributed by atoms with E-state index in [0.29, 0.717) is 22.6 Å². The highest BCUT2D eigenvalue weighted by atomic mass is 16.3. The second kappa shape index (κ2) is 7.32. The highest BCUT2D eigenvalue weighted by molar-refractivity contribution is 6.22. The van der Waals surface area contributed by atoms with Crippen LogP contribution in [-0.2, 0) is 6.54 Å². The van der Waals surface area contributed by atoms with Gasteiger partial charge in [-0.15, -0.1) is 0 Å². The molecule has 0 bridgehead atoms. The molecule has 8 heteroatoms. The van der Waals surface area contributed by atoms with E-state index in [1.54, 1.807) is 31.2 Å². The summed E-state index contributed by atoms with van der Waals surface area (Å²) >= 11 is 0. The molecule has 0 saturated heterocycles. The molecule has 4 amide bonds. The zero-order chi connectivity index (χ0) is 21.4. The van der Waals surface area contributed by atoms with Crippen LogP contribution in [0, 0.1) is 6.92 Å². The molecule has 0 fully saturated rings. The molecule has 3 aromatic rings. The van der Waals surface area contributed by atoms with E-state index < -0.39 is 23.6 Å². The Labute approximate surface area is 171 Å². The third kappa shape index (κ3) is 3.35. The number of carbonyl (C=O) groups excluding carboxylic acids is 4. The van der Waals surface area contributed by atoms with E-state index in [0.717, 1.165) is 4.90 Å². The summed E-state index contributed by atoms with van der Waals surface area (Å²) in [4.78, 5) is 50.3. The van der Waals surface area contributed by atoms with Crippen LogP contribution in [0.5, 0.6) is 0 Å². The summed E-state index contributed by atoms with van der Waals surface area (Å²) in [5.41, 5.74) is 7.40. The van der Waals surface area contributed by atoms with E-state index in [9.17, 15) is 19.2 Å². The molecule has 0 radical (unpaired) electrons. The van der Waals surface area contributed by atoms with E-state index >= 15 is 0 Å². The number of nitrogens with zero attached hydrogens (tertiary/aromatic N) is 1. The molecule has 2 heterocycles. The van der Waals surface area contributed by atoms with Crippen molar-refractivity contribution in [2.45, 2.75) is 13.5 Å². The van der Waals surface area contributed by atoms with Gasteiger partial charge >= 0.3 is 0 Å². The topological polar surface area (TPSA) is 123 Å². The van der Waals surface area contributed by atoms with Crippen molar-refractivity contribution in [2.75, 3.05) is 5.32 Å². The number of anilines is 1. The van der Waals surface area contributed by atoms with Gasteiger partial charge in [0.05, 0.1) is 23.9 Å². The fraction of sp³-hybridized carbons (Fsp3) is 0.0909. The van der Waals surface area contributed by atoms with Crippen LogP contribution in [-0.4, -0.2) is 28.5 Å². The summed E-state index contributed by atoms with van der Waals surface area (Å²) < 4.78 is 5.21. The van der Waals surface area contributed by atoms with Crippen molar-refractivity contribution in [3.63, 3.8) is 0 Å². The Morgan fingerprint density at radius 3 is 2.47 bits per heavy atom. The third-order valence-corrected chi connectivity index (χ3v) is 4.88. The minimum absolute atomic E-state index is 0.0202. The van der Waals surface area contributed by atoms with Crippen molar-refractivity contribution in [2.24, 2.45) is 5.73 Å². The number of nitrogens with two attached hydrogens (primary N) is 1. The van der Waals surface area contributed by atoms with Crippen molar-refractivity contribution in [1.82, 2.24) is 4.90 Å². The maximum atomic E-state index is 12.7. The lowest BCUT2D eigenvalue weighted by molar-refractivity contribution is 0.0631. The number of amides is 4. The van der Waals surface area contributed by atoms with Gasteiger partial charge in [-0.25, -0.2) is 0 Å². The lowest BCUT2D eigenvalue weighted by Gasteiger charge is -2.11. The number of rotatable bonds is 5. The monoisotopic (exact) mass is 403 g/mol. The lowest BCUT2D eigenvalue weighted by Crippen LogP contribution is -2.28. The Hall–Kier alpha value is -4.20. The molecule has 1 aliphatic heterocycles. The Morgan fingerprint density at radius 1 is 1.03 bits per heavy atom. The van der Waals surface area contributed by atoms with Crippen LogP contribution in [0.1, 0.15) is 52.8 Å². The van der Waals surface area contributed by atoms with E-state index in [4.69, 9.17) is 10.2 Å². The van der Waals surface area contributed by atoms with Gasteiger partial charge in [0.15, 0.2) is 0 Å². The first-order valence-corrected chi connectivity index (χ1v) is 9.09. The van der Waals surface area contributed by atoms with Crippen molar-refractivity contribution in [3.8, 4) is 0 Å². The molecule has 1 aromatic heterocycles. The molecule has 0 unspecified atom stereocenters. The highest BCUT2D eigenvalue weighted by Crippen LogP contribution is 2.26. The molecule has 4 rings (SSSR count). The first-order chi connectivity index (χ1) is 14.3. The van der Waals surface area contributed by atoms with Crippen molar-refractivity contribution in [3.05, 3.63) is 88.4 Å². The Kier molecular flexibility index (Phi) is 4.67. The van der Waals surface area contributed by atoms with Gasteiger partial charge in [0, 0.05) is 16.8 Å². The van der Waals surface area contributed by atoms with Crippen LogP contribution in [0.15, 0.2) is 59.2 Å². The minimum Gasteiger partial charge on any atom is -0.467 e. The maximum absolute atomic E-state index is 12.7. The van der Waals surface area contributed by atoms with E-state index in [-0.39, 0.29) is 23.2 Å². The summed E-state index contributed by atoms with van der Waals surface area (Å²) in [6, 6.07) is 12.4. The van der Waals surface area contributed by atoms with Crippen molar-refractivity contribution in [1.29, 1.82) is 0 Å². The molecule has 8 nitrogen and oxygen atoms in total. The number of aryl methyl sites for hydroxylation is 1. The first-order valence-electron chi connectivity index (χ1n) is 9.09. The quantitative estimate of drug-likeness (QED) is 0.634. The normalized spacial score (nSPS) is 12.8. The van der Waals surface area contributed by atoms with E-state index in [1.165, 1.54) is 30.5 Å². The Bertz CT molecular complexity index is 1200. The van der Waals surface area contributed by atoms with Crippen LogP contribution in [0.3, 0.4) is 0 Å². The van der Waals surface area contributed by atoms with Crippen LogP contribution in [0.4, 0.5) is 5.69 Å². The molecule has 0 atom stereocenters. The minimum atomic E-state index is -0.550. The summed E-state index contributed by atoms with van der Waals surface area (Å²) in [6.45, 7) is 1.73. The fourth-order valence-electron chi connectivity index (χ4n) is 3.36. The number of hydrogen-bond acceptors (Lipinski definition) is 5. The number of carbonyl (C=O) groups is 4. The second-order valence-corrected chi connectivity index (χ2v) is 6.88. The van der Waals surface area contributed by atoms with Crippen LogP contribution in [0.2, 0.25) is 0 Å². The number of primary amides is 1. The van der Waals surface area contributed by atoms with Crippen molar-refractivity contribution < 1.29 is 23.6 Å². The molecule has 2 aromatic carbocycles. The average Bonchev–Trinajstić information content (AvgIpc) is 3.30. The van der Waals surface area contributed by atoms with Gasteiger partial charge in [-0.2, -0.15) is 0 Å². The van der Waals surface area contributed by atoms with Crippen molar-refractivity contribution >= 4 is 29.3 Å². The van der Waals surface area contributed by atoms with E-state index in [2.05, 4.69) is 5.32 Å². The number of furan rings is 1. The van der Waals surface area contributed by atoms with E-state index in [1.807, 2.05) is 0 Å². The van der Waals surface area contributed by atoms with Gasteiger partial charge in [0.2, 0.25) is 5.91 Å². The Morgan fingerprint density at radius 2 is 1.80 bits per heavy atom. The predicted octanol–water partition coefficient (Wildman–Crippen LogP) is 2.74. The number of nitrogens with one attached hydrogen (secondary N) is 1. The summed E-state index contributed by atoms with van der Waals surface area (Å²) in [5.74, 6) is -1.43. The van der Waals surface area contributed by atoms with Gasteiger partial charge in [-0.3, -0.25) is 24.1 Å². The van der Waals surface area contributed by atoms with Gasteiger partial charge in [-0.1, -0.05) is 0 Å². The van der Waals surface area contributed by atoms with Crippen LogP contribution >= 0.6 is 0 Å². The molecule has 0 saturated carbocycles. The number of imide groups is 1. The SMILES string of the molecule is Cc1cc(NC(=O)c2ccc3c(c2)C(=O)N(Cc2ccco2)C3=O)ccc1C(N)=O. The molecule has 0 aliphatic carbocycles. The summed E-state index contributed by atoms with van der Waals surface area (Å²) in [7, 11) is 0. The van der Waals surface area contributed by atoms with Gasteiger partial charge < -0.3 is 15.5 Å². The largest absolute Gasteiger partial charge is 0.467 e. The third-order valence-electron chi connectivity index (χ3n) is 4.88. The highest BCUT2D eigenvalue weighted by Gasteiger charge is 2.36. The van der Waals surface area contributed by atoms with Gasteiger partial charge in [0.25, 0.3) is 17.7 Å². The van der Waals surface area contributed by atoms with Crippen LogP contribution < -0.4 is 11.1 Å². The molecule has 1 aliphatic rings. The first kappa shape index (κ1) is 19.1. The maximum Gasteiger partial charge on any atom is 0.261 e. The fourth-order valence-corrected chi connectivity index (χ4v) is 3.36. The predicted molar refractivity (Wildman–Crippen MR) is 107 cm³/mol. The second-order valence-electron chi connectivity index (χ2n) is 6.88. The van der Waals surface area contributed by atoms with Gasteiger partial charge in [-0.05, 0) is 61.0 Å². The summed E-state index contributed by atoms with van der Waals surface area (Å²) in [5, 5.41) is 2.71. The number of hydrogen-bond donors (Lipinski definition) is 2. The zero-order valence-electron chi connectivity index (χ0n) is 16.0. The summed E-state index contributed by atoms with van der Waals surface area (Å²) in [6.07, 6.45) is 1.47. The average molecular weight is 403 g/mol. The van der Waals surface area contributed by atoms with Crippen LogP contribution in [0.25, 0.3) is 0 Å². The lowest BCUT2D eigenvalue weighted by atomic mass is 10.0. The molecular formula is C22H17N3O5. The molecule has 150 valence electrons. The molecule has 0 spiro atoms. The molecule has 3 N–H and O–H groups in total.